The van der Waals surface area contributed by atoms with Crippen molar-refractivity contribution >= 4 is 5.78 Å². The molecule has 1 unspecified atom stereocenters. The van der Waals surface area contributed by atoms with Crippen LogP contribution >= 0.6 is 0 Å². The van der Waals surface area contributed by atoms with Gasteiger partial charge in [0.05, 0.1) is 0 Å². The van der Waals surface area contributed by atoms with E-state index in [4.69, 9.17) is 0 Å². The van der Waals surface area contributed by atoms with E-state index in [1.54, 1.807) is 0 Å². The Morgan fingerprint density at radius 3 is 2.50 bits per heavy atom. The minimum Gasteiger partial charge on any atom is -0.381 e. The van der Waals surface area contributed by atoms with Crippen LogP contribution in [-0.4, -0.2) is 10.9 Å². The van der Waals surface area contributed by atoms with Crippen molar-refractivity contribution in [2.75, 3.05) is 0 Å². The summed E-state index contributed by atoms with van der Waals surface area (Å²) in [6.07, 6.45) is 7.00. The topological polar surface area (TPSA) is 37.3 Å². The molecule has 1 N–H and O–H groups in total. The lowest BCUT2D eigenvalue weighted by atomic mass is 9.85. The van der Waals surface area contributed by atoms with E-state index in [0.717, 1.165) is 6.42 Å². The highest BCUT2D eigenvalue weighted by Crippen LogP contribution is 2.28. The molecule has 1 aliphatic rings. The molecule has 0 bridgehead atoms. The molecular formula is C16H22O2. The van der Waals surface area contributed by atoms with Gasteiger partial charge >= 0.3 is 0 Å². The van der Waals surface area contributed by atoms with Gasteiger partial charge in [0.2, 0.25) is 0 Å². The predicted octanol–water partition coefficient (Wildman–Crippen LogP) is 3.65. The first-order valence-electron chi connectivity index (χ1n) is 7.03. The number of carbonyl (C=O) groups is 1. The monoisotopic (exact) mass is 246 g/mol. The van der Waals surface area contributed by atoms with Crippen LogP contribution in [0.4, 0.5) is 0 Å². The van der Waals surface area contributed by atoms with Gasteiger partial charge in [0.15, 0.2) is 5.78 Å². The second kappa shape index (κ2) is 6.69. The average molecular weight is 246 g/mol. The molecule has 0 spiro atoms. The van der Waals surface area contributed by atoms with E-state index in [1.165, 1.54) is 32.1 Å². The van der Waals surface area contributed by atoms with E-state index < -0.39 is 6.10 Å². The fourth-order valence-electron chi connectivity index (χ4n) is 2.78. The molecule has 0 saturated heterocycles. The first kappa shape index (κ1) is 13.3. The standard InChI is InChI=1S/C16H22O2/c17-15(12-11-13-7-3-1-4-8-13)16(18)14-9-5-2-6-10-14/h2,5-6,9-10,13,16,18H,1,3-4,7-8,11-12H2. The van der Waals surface area contributed by atoms with Gasteiger partial charge < -0.3 is 5.11 Å². The van der Waals surface area contributed by atoms with Crippen LogP contribution in [0.15, 0.2) is 30.3 Å². The summed E-state index contributed by atoms with van der Waals surface area (Å²) in [5, 5.41) is 9.97. The molecule has 18 heavy (non-hydrogen) atoms. The number of hydrogen-bond donors (Lipinski definition) is 1. The summed E-state index contributed by atoms with van der Waals surface area (Å²) in [5.74, 6) is 0.664. The molecule has 2 heteroatoms. The molecule has 1 atom stereocenters. The Morgan fingerprint density at radius 1 is 1.17 bits per heavy atom. The van der Waals surface area contributed by atoms with Crippen molar-refractivity contribution in [3.63, 3.8) is 0 Å². The highest BCUT2D eigenvalue weighted by Gasteiger charge is 2.19. The summed E-state index contributed by atoms with van der Waals surface area (Å²) in [6, 6.07) is 9.22. The highest BCUT2D eigenvalue weighted by atomic mass is 16.3. The van der Waals surface area contributed by atoms with E-state index in [1.807, 2.05) is 30.3 Å². The first-order valence-corrected chi connectivity index (χ1v) is 7.03. The molecule has 2 nitrogen and oxygen atoms in total. The van der Waals surface area contributed by atoms with Gasteiger partial charge in [0.25, 0.3) is 0 Å². The fourth-order valence-corrected chi connectivity index (χ4v) is 2.78. The first-order chi connectivity index (χ1) is 8.77. The smallest absolute Gasteiger partial charge is 0.165 e. The molecular weight excluding hydrogens is 224 g/mol. The van der Waals surface area contributed by atoms with Gasteiger partial charge in [-0.15, -0.1) is 0 Å². The molecule has 1 fully saturated rings. The Labute approximate surface area is 109 Å². The van der Waals surface area contributed by atoms with Gasteiger partial charge in [-0.3, -0.25) is 4.79 Å². The largest absolute Gasteiger partial charge is 0.381 e. The van der Waals surface area contributed by atoms with Crippen LogP contribution in [-0.2, 0) is 4.79 Å². The van der Waals surface area contributed by atoms with Crippen LogP contribution in [0.5, 0.6) is 0 Å². The van der Waals surface area contributed by atoms with Crippen LogP contribution in [0.25, 0.3) is 0 Å². The molecule has 98 valence electrons. The summed E-state index contributed by atoms with van der Waals surface area (Å²) in [7, 11) is 0. The maximum atomic E-state index is 11.9. The van der Waals surface area contributed by atoms with Gasteiger partial charge in [-0.2, -0.15) is 0 Å². The third-order valence-corrected chi connectivity index (χ3v) is 3.94. The summed E-state index contributed by atoms with van der Waals surface area (Å²) in [4.78, 5) is 11.9. The Morgan fingerprint density at radius 2 is 1.83 bits per heavy atom. The summed E-state index contributed by atoms with van der Waals surface area (Å²) >= 11 is 0. The number of hydrogen-bond acceptors (Lipinski definition) is 2. The lowest BCUT2D eigenvalue weighted by Crippen LogP contribution is -2.14. The Bertz CT molecular complexity index is 366. The number of aliphatic hydroxyl groups is 1. The van der Waals surface area contributed by atoms with Crippen LogP contribution in [0.2, 0.25) is 0 Å². The molecule has 1 aromatic rings. The maximum absolute atomic E-state index is 11.9. The van der Waals surface area contributed by atoms with Gasteiger partial charge in [0, 0.05) is 6.42 Å². The van der Waals surface area contributed by atoms with E-state index in [9.17, 15) is 9.90 Å². The van der Waals surface area contributed by atoms with Crippen molar-refractivity contribution in [3.8, 4) is 0 Å². The van der Waals surface area contributed by atoms with Gasteiger partial charge in [-0.05, 0) is 17.9 Å². The third kappa shape index (κ3) is 3.67. The van der Waals surface area contributed by atoms with Crippen molar-refractivity contribution in [1.82, 2.24) is 0 Å². The van der Waals surface area contributed by atoms with Gasteiger partial charge in [-0.25, -0.2) is 0 Å². The normalized spacial score (nSPS) is 18.5. The number of ketones is 1. The maximum Gasteiger partial charge on any atom is 0.165 e. The Balaban J connectivity index is 1.80. The summed E-state index contributed by atoms with van der Waals surface area (Å²) < 4.78 is 0. The van der Waals surface area contributed by atoms with Gasteiger partial charge in [-0.1, -0.05) is 62.4 Å². The summed E-state index contributed by atoms with van der Waals surface area (Å²) in [6.45, 7) is 0. The number of carbonyl (C=O) groups excluding carboxylic acids is 1. The summed E-state index contributed by atoms with van der Waals surface area (Å²) in [5.41, 5.74) is 0.714. The number of Topliss-reactive ketones (excluding diaryl/α,β-unsaturated/α-hetero) is 1. The number of aliphatic hydroxyl groups excluding tert-OH is 1. The minimum absolute atomic E-state index is 0.0354. The third-order valence-electron chi connectivity index (χ3n) is 3.94. The zero-order valence-corrected chi connectivity index (χ0v) is 10.8. The van der Waals surface area contributed by atoms with Crippen LogP contribution < -0.4 is 0 Å². The van der Waals surface area contributed by atoms with Crippen LogP contribution in [0, 0.1) is 5.92 Å². The highest BCUT2D eigenvalue weighted by molar-refractivity contribution is 5.84. The number of rotatable bonds is 5. The minimum atomic E-state index is -0.935. The molecule has 1 saturated carbocycles. The van der Waals surface area contributed by atoms with Crippen molar-refractivity contribution in [3.05, 3.63) is 35.9 Å². The lowest BCUT2D eigenvalue weighted by Gasteiger charge is -2.21. The van der Waals surface area contributed by atoms with Crippen LogP contribution in [0.1, 0.15) is 56.6 Å². The zero-order valence-electron chi connectivity index (χ0n) is 10.8. The predicted molar refractivity (Wildman–Crippen MR) is 72.2 cm³/mol. The van der Waals surface area contributed by atoms with E-state index in [-0.39, 0.29) is 5.78 Å². The molecule has 0 radical (unpaired) electrons. The van der Waals surface area contributed by atoms with Crippen molar-refractivity contribution in [2.24, 2.45) is 5.92 Å². The quantitative estimate of drug-likeness (QED) is 0.861. The molecule has 0 amide bonds. The Hall–Kier alpha value is -1.15. The van der Waals surface area contributed by atoms with Crippen molar-refractivity contribution in [2.45, 2.75) is 51.0 Å². The molecule has 2 rings (SSSR count). The van der Waals surface area contributed by atoms with Crippen LogP contribution in [0.3, 0.4) is 0 Å². The molecule has 1 aromatic carbocycles. The van der Waals surface area contributed by atoms with E-state index >= 15 is 0 Å². The Kier molecular flexibility index (Phi) is 4.94. The molecule has 1 aliphatic carbocycles. The number of benzene rings is 1. The lowest BCUT2D eigenvalue weighted by molar-refractivity contribution is -0.127. The van der Waals surface area contributed by atoms with Crippen molar-refractivity contribution in [1.29, 1.82) is 0 Å². The van der Waals surface area contributed by atoms with E-state index in [2.05, 4.69) is 0 Å². The molecule has 0 heterocycles. The SMILES string of the molecule is O=C(CCC1CCCCC1)C(O)c1ccccc1. The molecule has 0 aromatic heterocycles. The van der Waals surface area contributed by atoms with Gasteiger partial charge in [0.1, 0.15) is 6.10 Å². The average Bonchev–Trinajstić information content (AvgIpc) is 2.46. The van der Waals surface area contributed by atoms with Crippen molar-refractivity contribution < 1.29 is 9.90 Å². The second-order valence-electron chi connectivity index (χ2n) is 5.32. The second-order valence-corrected chi connectivity index (χ2v) is 5.32. The molecule has 0 aliphatic heterocycles. The fraction of sp³-hybridized carbons (Fsp3) is 0.562. The zero-order chi connectivity index (χ0) is 12.8. The van der Waals surface area contributed by atoms with E-state index in [0.29, 0.717) is 17.9 Å².